The van der Waals surface area contributed by atoms with Crippen molar-refractivity contribution < 1.29 is 13.9 Å². The molecule has 0 saturated heterocycles. The highest BCUT2D eigenvalue weighted by atomic mass is 19.1. The first-order chi connectivity index (χ1) is 20.2. The first kappa shape index (κ1) is 29.7. The maximum absolute atomic E-state index is 15.3. The zero-order chi connectivity index (χ0) is 31.3. The number of amides is 1. The van der Waals surface area contributed by atoms with Crippen molar-refractivity contribution in [2.75, 3.05) is 11.9 Å². The first-order valence-corrected chi connectivity index (χ1v) is 14.1. The van der Waals surface area contributed by atoms with Gasteiger partial charge in [0.05, 0.1) is 17.2 Å². The van der Waals surface area contributed by atoms with Crippen LogP contribution in [0.15, 0.2) is 41.3 Å². The van der Waals surface area contributed by atoms with Crippen LogP contribution in [-0.2, 0) is 23.1 Å². The number of nitrogens with one attached hydrogen (secondary N) is 1. The van der Waals surface area contributed by atoms with Crippen molar-refractivity contribution in [1.82, 2.24) is 29.2 Å². The van der Waals surface area contributed by atoms with Gasteiger partial charge in [0.15, 0.2) is 17.3 Å². The number of carbonyl (C=O) groups excluding carboxylic acids is 1. The van der Waals surface area contributed by atoms with E-state index in [0.29, 0.717) is 30.9 Å². The van der Waals surface area contributed by atoms with E-state index in [1.54, 1.807) is 32.6 Å². The van der Waals surface area contributed by atoms with Gasteiger partial charge < -0.3 is 15.0 Å². The monoisotopic (exact) mass is 586 g/mol. The van der Waals surface area contributed by atoms with Gasteiger partial charge in [-0.3, -0.25) is 4.79 Å². The minimum Gasteiger partial charge on any atom is -0.444 e. The summed E-state index contributed by atoms with van der Waals surface area (Å²) in [7, 11) is 0. The van der Waals surface area contributed by atoms with Crippen LogP contribution in [0.2, 0.25) is 0 Å². The lowest BCUT2D eigenvalue weighted by molar-refractivity contribution is 0.0224. The lowest BCUT2D eigenvalue weighted by Gasteiger charge is -2.31. The van der Waals surface area contributed by atoms with Crippen LogP contribution in [0.5, 0.6) is 0 Å². The molecule has 4 heterocycles. The maximum Gasteiger partial charge on any atom is 0.410 e. The molecule has 12 heteroatoms. The summed E-state index contributed by atoms with van der Waals surface area (Å²) in [5.74, 6) is -0.612. The smallest absolute Gasteiger partial charge is 0.410 e. The van der Waals surface area contributed by atoms with E-state index in [9.17, 15) is 14.9 Å². The van der Waals surface area contributed by atoms with Crippen molar-refractivity contribution in [2.24, 2.45) is 0 Å². The average molecular weight is 587 g/mol. The quantitative estimate of drug-likeness (QED) is 0.323. The molecule has 1 aliphatic rings. The van der Waals surface area contributed by atoms with Crippen LogP contribution in [0.25, 0.3) is 16.9 Å². The van der Waals surface area contributed by atoms with Crippen molar-refractivity contribution in [2.45, 2.75) is 78.5 Å². The first-order valence-electron chi connectivity index (χ1n) is 14.1. The summed E-state index contributed by atoms with van der Waals surface area (Å²) in [4.78, 5) is 41.2. The summed E-state index contributed by atoms with van der Waals surface area (Å²) in [6.07, 6.45) is 1.75. The Balaban J connectivity index is 1.54. The number of nitriles is 1. The predicted molar refractivity (Wildman–Crippen MR) is 160 cm³/mol. The van der Waals surface area contributed by atoms with Crippen LogP contribution in [-0.4, -0.2) is 47.5 Å². The molecule has 0 radical (unpaired) electrons. The Labute approximate surface area is 248 Å². The summed E-state index contributed by atoms with van der Waals surface area (Å²) in [6, 6.07) is 10.4. The van der Waals surface area contributed by atoms with E-state index in [4.69, 9.17) is 4.74 Å². The third-order valence-electron chi connectivity index (χ3n) is 7.19. The molecular formula is C31H35FN8O3. The van der Waals surface area contributed by atoms with Crippen LogP contribution in [0.1, 0.15) is 71.3 Å². The second kappa shape index (κ2) is 10.8. The summed E-state index contributed by atoms with van der Waals surface area (Å²) in [6.45, 7) is 13.5. The van der Waals surface area contributed by atoms with E-state index in [0.717, 1.165) is 11.1 Å². The molecule has 0 bridgehead atoms. The Morgan fingerprint density at radius 3 is 2.53 bits per heavy atom. The highest BCUT2D eigenvalue weighted by Crippen LogP contribution is 2.28. The van der Waals surface area contributed by atoms with Gasteiger partial charge in [0.2, 0.25) is 5.95 Å². The number of fused-ring (bicyclic) bond motifs is 2. The van der Waals surface area contributed by atoms with E-state index in [1.807, 2.05) is 39.0 Å². The molecule has 0 spiro atoms. The number of hydrogen-bond donors (Lipinski definition) is 1. The highest BCUT2D eigenvalue weighted by molar-refractivity contribution is 5.77. The number of ether oxygens (including phenoxy) is 1. The van der Waals surface area contributed by atoms with Gasteiger partial charge in [0, 0.05) is 31.0 Å². The lowest BCUT2D eigenvalue weighted by Crippen LogP contribution is -2.39. The number of rotatable bonds is 5. The van der Waals surface area contributed by atoms with Crippen LogP contribution in [0, 0.1) is 17.1 Å². The van der Waals surface area contributed by atoms with Crippen molar-refractivity contribution in [3.8, 4) is 11.9 Å². The molecule has 0 saturated carbocycles. The summed E-state index contributed by atoms with van der Waals surface area (Å²) < 4.78 is 23.6. The van der Waals surface area contributed by atoms with E-state index in [2.05, 4.69) is 26.3 Å². The minimum atomic E-state index is -0.985. The summed E-state index contributed by atoms with van der Waals surface area (Å²) >= 11 is 0. The molecule has 11 nitrogen and oxygen atoms in total. The average Bonchev–Trinajstić information content (AvgIpc) is 3.23. The zero-order valence-corrected chi connectivity index (χ0v) is 25.4. The second-order valence-electron chi connectivity index (χ2n) is 12.5. The number of carbonyl (C=O) groups is 1. The van der Waals surface area contributed by atoms with Gasteiger partial charge in [-0.05, 0) is 90.3 Å². The number of pyridine rings is 1. The fourth-order valence-corrected chi connectivity index (χ4v) is 4.96. The molecule has 0 unspecified atom stereocenters. The molecule has 1 aromatic carbocycles. The topological polar surface area (TPSA) is 131 Å². The van der Waals surface area contributed by atoms with Gasteiger partial charge in [0.25, 0.3) is 5.56 Å². The fraction of sp³-hybridized carbons (Fsp3) is 0.419. The number of hydrogen-bond acceptors (Lipinski definition) is 8. The zero-order valence-electron chi connectivity index (χ0n) is 25.4. The van der Waals surface area contributed by atoms with E-state index < -0.39 is 22.4 Å². The van der Waals surface area contributed by atoms with Crippen LogP contribution >= 0.6 is 0 Å². The number of benzene rings is 1. The van der Waals surface area contributed by atoms with Gasteiger partial charge in [-0.25, -0.2) is 28.5 Å². The maximum atomic E-state index is 15.3. The second-order valence-corrected chi connectivity index (χ2v) is 12.5. The molecular weight excluding hydrogens is 551 g/mol. The molecule has 224 valence electrons. The Hall–Kier alpha value is -4.79. The molecule has 1 N–H and O–H groups in total. The Morgan fingerprint density at radius 2 is 1.86 bits per heavy atom. The number of anilines is 2. The molecule has 3 aromatic heterocycles. The SMILES string of the molecule is CC(C)n1c(=O)c2cnc(Nc3ccc4c(c3)CN(C(=O)OC(C)(C)C)CC4)nc2n1-c1nc(C(C)(C)C#N)ccc1F. The van der Waals surface area contributed by atoms with Crippen molar-refractivity contribution in [3.63, 3.8) is 0 Å². The predicted octanol–water partition coefficient (Wildman–Crippen LogP) is 5.54. The molecule has 5 rings (SSSR count). The molecule has 0 aliphatic carbocycles. The van der Waals surface area contributed by atoms with Gasteiger partial charge in [-0.2, -0.15) is 10.2 Å². The van der Waals surface area contributed by atoms with Gasteiger partial charge in [-0.15, -0.1) is 0 Å². The number of halogens is 1. The van der Waals surface area contributed by atoms with E-state index >= 15 is 4.39 Å². The van der Waals surface area contributed by atoms with Crippen molar-refractivity contribution in [3.05, 3.63) is 69.5 Å². The largest absolute Gasteiger partial charge is 0.444 e. The molecule has 4 aromatic rings. The lowest BCUT2D eigenvalue weighted by atomic mass is 9.91. The van der Waals surface area contributed by atoms with Gasteiger partial charge >= 0.3 is 6.09 Å². The van der Waals surface area contributed by atoms with Crippen molar-refractivity contribution >= 4 is 28.8 Å². The third-order valence-corrected chi connectivity index (χ3v) is 7.19. The van der Waals surface area contributed by atoms with Crippen LogP contribution < -0.4 is 10.9 Å². The van der Waals surface area contributed by atoms with E-state index in [-0.39, 0.29) is 34.9 Å². The van der Waals surface area contributed by atoms with Crippen LogP contribution in [0.3, 0.4) is 0 Å². The van der Waals surface area contributed by atoms with Crippen molar-refractivity contribution in [1.29, 1.82) is 5.26 Å². The van der Waals surface area contributed by atoms with Gasteiger partial charge in [-0.1, -0.05) is 6.07 Å². The highest BCUT2D eigenvalue weighted by Gasteiger charge is 2.28. The Kier molecular flexibility index (Phi) is 7.46. The van der Waals surface area contributed by atoms with Gasteiger partial charge in [0.1, 0.15) is 11.0 Å². The number of nitrogens with zero attached hydrogens (tertiary/aromatic N) is 7. The van der Waals surface area contributed by atoms with E-state index in [1.165, 1.54) is 27.7 Å². The molecule has 1 amide bonds. The third kappa shape index (κ3) is 5.80. The molecule has 1 aliphatic heterocycles. The molecule has 0 fully saturated rings. The molecule has 43 heavy (non-hydrogen) atoms. The summed E-state index contributed by atoms with van der Waals surface area (Å²) in [5, 5.41) is 13.0. The molecule has 0 atom stereocenters. The number of aromatic nitrogens is 5. The standard InChI is InChI=1S/C31H35FN8O3/c1-18(2)39-27(41)22-15-34-28(37-25(22)40(39)26-23(32)10-11-24(36-26)31(6,7)17-33)35-21-9-8-19-12-13-38(16-20(19)14-21)29(42)43-30(3,4)5/h8-11,14-15,18H,12-13,16H2,1-7H3,(H,34,35,37). The Bertz CT molecular complexity index is 1830. The summed E-state index contributed by atoms with van der Waals surface area (Å²) in [5.41, 5.74) is 1.35. The fourth-order valence-electron chi connectivity index (χ4n) is 4.96. The Morgan fingerprint density at radius 1 is 1.12 bits per heavy atom. The minimum absolute atomic E-state index is 0.137. The normalized spacial score (nSPS) is 13.6. The van der Waals surface area contributed by atoms with Crippen LogP contribution in [0.4, 0.5) is 20.8 Å².